The number of ether oxygens (including phenoxy) is 1. The van der Waals surface area contributed by atoms with Gasteiger partial charge in [0.05, 0.1) is 30.4 Å². The van der Waals surface area contributed by atoms with Crippen LogP contribution < -0.4 is 15.0 Å². The van der Waals surface area contributed by atoms with Gasteiger partial charge in [0.25, 0.3) is 0 Å². The summed E-state index contributed by atoms with van der Waals surface area (Å²) in [5.74, 6) is 1.40. The third-order valence-electron chi connectivity index (χ3n) is 7.91. The van der Waals surface area contributed by atoms with Gasteiger partial charge in [0.2, 0.25) is 11.9 Å². The Balaban J connectivity index is 1.16. The Kier molecular flexibility index (Phi) is 6.85. The Morgan fingerprint density at radius 1 is 1.14 bits per heavy atom. The number of pyridine rings is 1. The van der Waals surface area contributed by atoms with Crippen LogP contribution in [0.4, 0.5) is 30.6 Å². The van der Waals surface area contributed by atoms with Crippen LogP contribution in [-0.2, 0) is 24.6 Å². The van der Waals surface area contributed by atoms with Gasteiger partial charge < -0.3 is 14.6 Å². The Hall–Kier alpha value is -4.43. The van der Waals surface area contributed by atoms with Crippen molar-refractivity contribution in [3.8, 4) is 11.5 Å². The van der Waals surface area contributed by atoms with Crippen molar-refractivity contribution in [2.45, 2.75) is 32.0 Å². The fourth-order valence-corrected chi connectivity index (χ4v) is 5.48. The minimum Gasteiger partial charge on any atom is -0.450 e. The zero-order valence-electron chi connectivity index (χ0n) is 23.8. The molecule has 2 fully saturated rings. The molecule has 1 saturated heterocycles. The summed E-state index contributed by atoms with van der Waals surface area (Å²) in [4.78, 5) is 29.3. The molecule has 0 spiro atoms. The summed E-state index contributed by atoms with van der Waals surface area (Å²) in [7, 11) is 3.37. The average Bonchev–Trinajstić information content (AvgIpc) is 3.68. The molecule has 4 aromatic heterocycles. The Morgan fingerprint density at radius 3 is 2.64 bits per heavy atom. The molecule has 11 nitrogen and oxygen atoms in total. The van der Waals surface area contributed by atoms with Crippen molar-refractivity contribution in [2.24, 2.45) is 13.0 Å². The molecule has 1 saturated carbocycles. The second-order valence-electron chi connectivity index (χ2n) is 11.1. The van der Waals surface area contributed by atoms with Crippen LogP contribution in [0.5, 0.6) is 11.5 Å². The summed E-state index contributed by atoms with van der Waals surface area (Å²) >= 11 is 6.76. The standard InChI is InChI=1S/C29H27ClF3N9O2/c1-39(27(43)17-4-5-17)23-15-42-20(11-34-23)21(13-36-42)44-22-12-35-26-25(24(22)30)40(2)28(38-26)37-19-9-16(14-41-6-3-7-41)8-18(10-19)29(31,32)33/h8-13,15,17H,3-7,14H2,1-2H3,(H,35,37,38). The molecule has 7 rings (SSSR count). The number of likely N-dealkylation sites (tertiary alicyclic amines) is 1. The normalized spacial score (nSPS) is 15.5. The van der Waals surface area contributed by atoms with Crippen molar-refractivity contribution < 1.29 is 22.7 Å². The number of aryl methyl sites for hydroxylation is 1. The molecule has 228 valence electrons. The molecule has 1 aliphatic heterocycles. The zero-order chi connectivity index (χ0) is 30.7. The first-order valence-corrected chi connectivity index (χ1v) is 14.4. The van der Waals surface area contributed by atoms with E-state index >= 15 is 0 Å². The predicted molar refractivity (Wildman–Crippen MR) is 157 cm³/mol. The number of carbonyl (C=O) groups excluding carboxylic acids is 1. The van der Waals surface area contributed by atoms with Gasteiger partial charge in [-0.2, -0.15) is 23.3 Å². The monoisotopic (exact) mass is 625 g/mol. The highest BCUT2D eigenvalue weighted by atomic mass is 35.5. The fraction of sp³-hybridized carbons (Fsp3) is 0.345. The summed E-state index contributed by atoms with van der Waals surface area (Å²) < 4.78 is 50.4. The van der Waals surface area contributed by atoms with E-state index in [1.807, 2.05) is 0 Å². The number of nitrogens with one attached hydrogen (secondary N) is 1. The van der Waals surface area contributed by atoms with Gasteiger partial charge in [-0.1, -0.05) is 11.6 Å². The number of aromatic nitrogens is 6. The quantitative estimate of drug-likeness (QED) is 0.231. The van der Waals surface area contributed by atoms with E-state index in [9.17, 15) is 18.0 Å². The number of rotatable bonds is 8. The first-order chi connectivity index (χ1) is 21.0. The van der Waals surface area contributed by atoms with Crippen LogP contribution in [0.2, 0.25) is 5.02 Å². The third kappa shape index (κ3) is 5.28. The van der Waals surface area contributed by atoms with Crippen molar-refractivity contribution in [1.29, 1.82) is 0 Å². The summed E-state index contributed by atoms with van der Waals surface area (Å²) in [5.41, 5.74) is 1.34. The molecule has 0 bridgehead atoms. The smallest absolute Gasteiger partial charge is 0.416 e. The third-order valence-corrected chi connectivity index (χ3v) is 8.28. The van der Waals surface area contributed by atoms with Gasteiger partial charge >= 0.3 is 6.18 Å². The topological polar surface area (TPSA) is 106 Å². The number of imidazole rings is 1. The van der Waals surface area contributed by atoms with Gasteiger partial charge in [-0.05, 0) is 56.1 Å². The van der Waals surface area contributed by atoms with E-state index in [1.165, 1.54) is 23.4 Å². The van der Waals surface area contributed by atoms with Crippen LogP contribution in [0.25, 0.3) is 16.7 Å². The van der Waals surface area contributed by atoms with Gasteiger partial charge in [-0.25, -0.2) is 14.5 Å². The molecule has 5 aromatic rings. The van der Waals surface area contributed by atoms with Crippen molar-refractivity contribution in [1.82, 2.24) is 34.0 Å². The Morgan fingerprint density at radius 2 is 1.93 bits per heavy atom. The molecule has 0 unspecified atom stereocenters. The minimum absolute atomic E-state index is 0.0249. The summed E-state index contributed by atoms with van der Waals surface area (Å²) in [5, 5.41) is 7.56. The van der Waals surface area contributed by atoms with Gasteiger partial charge in [-0.3, -0.25) is 14.6 Å². The summed E-state index contributed by atoms with van der Waals surface area (Å²) in [6.07, 6.45) is 4.46. The van der Waals surface area contributed by atoms with Gasteiger partial charge in [-0.15, -0.1) is 0 Å². The maximum absolute atomic E-state index is 13.7. The molecular weight excluding hydrogens is 599 g/mol. The molecule has 44 heavy (non-hydrogen) atoms. The lowest BCUT2D eigenvalue weighted by atomic mass is 10.1. The van der Waals surface area contributed by atoms with Gasteiger partial charge in [0.15, 0.2) is 23.0 Å². The van der Waals surface area contributed by atoms with Crippen molar-refractivity contribution in [3.63, 3.8) is 0 Å². The second kappa shape index (κ2) is 10.6. The van der Waals surface area contributed by atoms with Crippen LogP contribution >= 0.6 is 11.6 Å². The SMILES string of the molecule is CN(C(=O)C1CC1)c1cn2ncc(Oc3cnc4nc(Nc5cc(CN6CCC6)cc(C(F)(F)F)c5)n(C)c4c3Cl)c2cn1. The Labute approximate surface area is 254 Å². The number of amides is 1. The number of hydrogen-bond acceptors (Lipinski definition) is 8. The zero-order valence-corrected chi connectivity index (χ0v) is 24.5. The second-order valence-corrected chi connectivity index (χ2v) is 11.5. The van der Waals surface area contributed by atoms with Gasteiger partial charge in [0, 0.05) is 32.2 Å². The maximum atomic E-state index is 13.7. The van der Waals surface area contributed by atoms with E-state index in [0.29, 0.717) is 34.7 Å². The van der Waals surface area contributed by atoms with Crippen LogP contribution in [0.3, 0.4) is 0 Å². The predicted octanol–water partition coefficient (Wildman–Crippen LogP) is 5.80. The number of nitrogens with zero attached hydrogens (tertiary/aromatic N) is 8. The first-order valence-electron chi connectivity index (χ1n) is 14.1. The van der Waals surface area contributed by atoms with Crippen LogP contribution in [0, 0.1) is 5.92 Å². The molecule has 0 radical (unpaired) electrons. The number of fused-ring (bicyclic) bond motifs is 2. The summed E-state index contributed by atoms with van der Waals surface area (Å²) in [6, 6.07) is 3.94. The molecule has 0 atom stereocenters. The van der Waals surface area contributed by atoms with E-state index in [2.05, 4.69) is 30.3 Å². The van der Waals surface area contributed by atoms with Crippen molar-refractivity contribution in [3.05, 3.63) is 59.1 Å². The fourth-order valence-electron chi connectivity index (χ4n) is 5.18. The van der Waals surface area contributed by atoms with E-state index < -0.39 is 11.7 Å². The summed E-state index contributed by atoms with van der Waals surface area (Å²) in [6.45, 7) is 2.17. The van der Waals surface area contributed by atoms with Crippen LogP contribution in [-0.4, -0.2) is 60.1 Å². The van der Waals surface area contributed by atoms with Crippen molar-refractivity contribution >= 4 is 51.6 Å². The molecule has 1 aliphatic carbocycles. The number of carbonyl (C=O) groups is 1. The lowest BCUT2D eigenvalue weighted by molar-refractivity contribution is -0.137. The highest BCUT2D eigenvalue weighted by Gasteiger charge is 2.33. The molecule has 15 heteroatoms. The molecule has 1 aromatic carbocycles. The number of benzene rings is 1. The molecule has 1 N–H and O–H groups in total. The van der Waals surface area contributed by atoms with Crippen LogP contribution in [0.1, 0.15) is 30.4 Å². The van der Waals surface area contributed by atoms with Crippen LogP contribution in [0.15, 0.2) is 43.0 Å². The number of halogens is 4. The van der Waals surface area contributed by atoms with E-state index in [1.54, 1.807) is 41.6 Å². The van der Waals surface area contributed by atoms with Crippen molar-refractivity contribution in [2.75, 3.05) is 30.4 Å². The lowest BCUT2D eigenvalue weighted by Crippen LogP contribution is -2.36. The van der Waals surface area contributed by atoms with E-state index in [-0.39, 0.29) is 39.9 Å². The lowest BCUT2D eigenvalue weighted by Gasteiger charge is -2.31. The number of hydrogen-bond donors (Lipinski definition) is 1. The molecule has 5 heterocycles. The molecule has 2 aliphatic rings. The first kappa shape index (κ1) is 28.3. The van der Waals surface area contributed by atoms with E-state index in [4.69, 9.17) is 16.3 Å². The number of alkyl halides is 3. The molecule has 1 amide bonds. The van der Waals surface area contributed by atoms with E-state index in [0.717, 1.165) is 38.4 Å². The highest BCUT2D eigenvalue weighted by molar-refractivity contribution is 6.36. The Bertz CT molecular complexity index is 1910. The molecular formula is C29H27ClF3N9O2. The van der Waals surface area contributed by atoms with Gasteiger partial charge in [0.1, 0.15) is 16.1 Å². The minimum atomic E-state index is -4.50. The largest absolute Gasteiger partial charge is 0.450 e. The number of anilines is 3. The maximum Gasteiger partial charge on any atom is 0.416 e. The average molecular weight is 626 g/mol. The highest BCUT2D eigenvalue weighted by Crippen LogP contribution is 2.38.